The van der Waals surface area contributed by atoms with Crippen LogP contribution in [0.15, 0.2) is 36.4 Å². The van der Waals surface area contributed by atoms with Crippen molar-refractivity contribution in [3.8, 4) is 11.5 Å². The number of aromatic nitrogens is 2. The Hall–Kier alpha value is -3.62. The van der Waals surface area contributed by atoms with Crippen LogP contribution in [0.5, 0.6) is 11.5 Å². The molecule has 2 aromatic carbocycles. The summed E-state index contributed by atoms with van der Waals surface area (Å²) in [6, 6.07) is 11.5. The van der Waals surface area contributed by atoms with Crippen LogP contribution in [0.2, 0.25) is 0 Å². The lowest BCUT2D eigenvalue weighted by Crippen LogP contribution is -2.49. The van der Waals surface area contributed by atoms with Crippen LogP contribution in [0.1, 0.15) is 12.0 Å². The molecule has 2 heterocycles. The van der Waals surface area contributed by atoms with Crippen LogP contribution >= 0.6 is 0 Å². The summed E-state index contributed by atoms with van der Waals surface area (Å²) in [4.78, 5) is 25.1. The zero-order valence-electron chi connectivity index (χ0n) is 18.2. The number of anilines is 2. The van der Waals surface area contributed by atoms with Gasteiger partial charge < -0.3 is 25.0 Å². The van der Waals surface area contributed by atoms with Crippen LogP contribution in [0.4, 0.5) is 16.2 Å². The Bertz CT molecular complexity index is 1120. The predicted molar refractivity (Wildman–Crippen MR) is 121 cm³/mol. The van der Waals surface area contributed by atoms with E-state index in [0.29, 0.717) is 43.9 Å². The van der Waals surface area contributed by atoms with Crippen molar-refractivity contribution >= 4 is 28.6 Å². The summed E-state index contributed by atoms with van der Waals surface area (Å²) < 4.78 is 25.3. The molecule has 1 fully saturated rings. The van der Waals surface area contributed by atoms with Crippen LogP contribution in [0.3, 0.4) is 0 Å². The van der Waals surface area contributed by atoms with Crippen molar-refractivity contribution in [2.45, 2.75) is 12.8 Å². The molecule has 1 aromatic heterocycles. The van der Waals surface area contributed by atoms with Gasteiger partial charge in [-0.15, -0.1) is 0 Å². The van der Waals surface area contributed by atoms with Gasteiger partial charge in [0.2, 0.25) is 11.9 Å². The molecule has 0 aliphatic carbocycles. The molecule has 4 rings (SSSR count). The maximum Gasteiger partial charge on any atom is 0.228 e. The van der Waals surface area contributed by atoms with Gasteiger partial charge in [-0.2, -0.15) is 4.98 Å². The molecule has 0 bridgehead atoms. The van der Waals surface area contributed by atoms with Crippen molar-refractivity contribution in [1.82, 2.24) is 14.9 Å². The number of aryl methyl sites for hydroxylation is 1. The summed E-state index contributed by atoms with van der Waals surface area (Å²) in [5, 5.41) is 0.360. The fourth-order valence-corrected chi connectivity index (χ4v) is 3.89. The van der Waals surface area contributed by atoms with E-state index in [1.54, 1.807) is 6.07 Å². The molecule has 1 amide bonds. The number of rotatable bonds is 6. The van der Waals surface area contributed by atoms with Crippen LogP contribution < -0.4 is 20.1 Å². The third-order valence-corrected chi connectivity index (χ3v) is 5.68. The molecule has 0 unspecified atom stereocenters. The van der Waals surface area contributed by atoms with E-state index in [1.807, 2.05) is 40.1 Å². The maximum absolute atomic E-state index is 15.0. The smallest absolute Gasteiger partial charge is 0.228 e. The number of fused-ring (bicyclic) bond motifs is 1. The Morgan fingerprint density at radius 2 is 1.81 bits per heavy atom. The Kier molecular flexibility index (Phi) is 6.25. The average molecular weight is 439 g/mol. The van der Waals surface area contributed by atoms with E-state index in [0.717, 1.165) is 12.0 Å². The largest absolute Gasteiger partial charge is 0.493 e. The number of nitrogen functional groups attached to an aromatic ring is 1. The molecule has 1 saturated heterocycles. The highest BCUT2D eigenvalue weighted by atomic mass is 19.1. The summed E-state index contributed by atoms with van der Waals surface area (Å²) >= 11 is 0. The number of benzene rings is 2. The molecule has 8 nitrogen and oxygen atoms in total. The van der Waals surface area contributed by atoms with E-state index in [-0.39, 0.29) is 28.7 Å². The molecular weight excluding hydrogens is 413 g/mol. The van der Waals surface area contributed by atoms with Gasteiger partial charge in [-0.25, -0.2) is 9.37 Å². The first-order chi connectivity index (χ1) is 15.5. The second-order valence-corrected chi connectivity index (χ2v) is 7.58. The first-order valence-electron chi connectivity index (χ1n) is 10.5. The monoisotopic (exact) mass is 439 g/mol. The minimum absolute atomic E-state index is 0.0297. The number of carbonyl (C=O) groups is 1. The number of nitrogens with two attached hydrogens (primary N) is 1. The zero-order chi connectivity index (χ0) is 22.7. The highest BCUT2D eigenvalue weighted by Crippen LogP contribution is 2.37. The van der Waals surface area contributed by atoms with Crippen molar-refractivity contribution in [1.29, 1.82) is 0 Å². The molecule has 1 aliphatic heterocycles. The van der Waals surface area contributed by atoms with Gasteiger partial charge in [0, 0.05) is 38.0 Å². The van der Waals surface area contributed by atoms with Gasteiger partial charge in [0.25, 0.3) is 0 Å². The molecular formula is C23H26FN5O3. The van der Waals surface area contributed by atoms with Gasteiger partial charge in [0.05, 0.1) is 14.2 Å². The Labute approximate surface area is 185 Å². The second-order valence-electron chi connectivity index (χ2n) is 7.58. The van der Waals surface area contributed by atoms with Gasteiger partial charge in [0.1, 0.15) is 11.3 Å². The highest BCUT2D eigenvalue weighted by Gasteiger charge is 2.25. The molecule has 0 saturated carbocycles. The predicted octanol–water partition coefficient (Wildman–Crippen LogP) is 2.65. The first-order valence-corrected chi connectivity index (χ1v) is 10.5. The standard InChI is InChI=1S/C23H26FN5O3/c1-31-17-14-16-20(19(24)21(17)32-2)26-23(27-22(16)25)29-12-10-28(11-13-29)18(30)9-8-15-6-4-3-5-7-15/h3-7,14H,8-13H2,1-2H3,(H2,25,26,27). The lowest BCUT2D eigenvalue weighted by Gasteiger charge is -2.35. The molecule has 168 valence electrons. The first kappa shape index (κ1) is 21.6. The molecule has 0 radical (unpaired) electrons. The van der Waals surface area contributed by atoms with Gasteiger partial charge in [0.15, 0.2) is 17.3 Å². The van der Waals surface area contributed by atoms with Crippen LogP contribution in [-0.4, -0.2) is 61.2 Å². The van der Waals surface area contributed by atoms with E-state index in [9.17, 15) is 4.79 Å². The minimum Gasteiger partial charge on any atom is -0.493 e. The van der Waals surface area contributed by atoms with Crippen LogP contribution in [0, 0.1) is 5.82 Å². The molecule has 0 spiro atoms. The van der Waals surface area contributed by atoms with Crippen molar-refractivity contribution in [3.63, 3.8) is 0 Å². The van der Waals surface area contributed by atoms with Gasteiger partial charge in [-0.1, -0.05) is 30.3 Å². The topological polar surface area (TPSA) is 93.8 Å². The Morgan fingerprint density at radius 1 is 1.09 bits per heavy atom. The summed E-state index contributed by atoms with van der Waals surface area (Å²) in [5.41, 5.74) is 7.34. The van der Waals surface area contributed by atoms with Crippen molar-refractivity contribution < 1.29 is 18.7 Å². The normalized spacial score (nSPS) is 14.0. The maximum atomic E-state index is 15.0. The number of amides is 1. The fraction of sp³-hybridized carbons (Fsp3) is 0.348. The third-order valence-electron chi connectivity index (χ3n) is 5.68. The summed E-state index contributed by atoms with van der Waals surface area (Å²) in [7, 11) is 2.79. The van der Waals surface area contributed by atoms with Crippen molar-refractivity contribution in [3.05, 3.63) is 47.8 Å². The zero-order valence-corrected chi connectivity index (χ0v) is 18.2. The van der Waals surface area contributed by atoms with Gasteiger partial charge >= 0.3 is 0 Å². The van der Waals surface area contributed by atoms with E-state index >= 15 is 4.39 Å². The van der Waals surface area contributed by atoms with Crippen LogP contribution in [-0.2, 0) is 11.2 Å². The minimum atomic E-state index is -0.646. The summed E-state index contributed by atoms with van der Waals surface area (Å²) in [5.74, 6) is 0.159. The number of nitrogens with zero attached hydrogens (tertiary/aromatic N) is 4. The second kappa shape index (κ2) is 9.25. The number of hydrogen-bond donors (Lipinski definition) is 1. The SMILES string of the molecule is COc1cc2c(N)nc(N3CCN(C(=O)CCc4ccccc4)CC3)nc2c(F)c1OC. The molecule has 9 heteroatoms. The lowest BCUT2D eigenvalue weighted by molar-refractivity contribution is -0.131. The highest BCUT2D eigenvalue weighted by molar-refractivity contribution is 5.92. The summed E-state index contributed by atoms with van der Waals surface area (Å²) in [6.07, 6.45) is 1.19. The van der Waals surface area contributed by atoms with Crippen molar-refractivity contribution in [2.75, 3.05) is 51.0 Å². The number of halogens is 1. The lowest BCUT2D eigenvalue weighted by atomic mass is 10.1. The number of hydrogen-bond acceptors (Lipinski definition) is 7. The Morgan fingerprint density at radius 3 is 2.47 bits per heavy atom. The van der Waals surface area contributed by atoms with Crippen molar-refractivity contribution in [2.24, 2.45) is 0 Å². The molecule has 0 atom stereocenters. The van der Waals surface area contributed by atoms with E-state index in [2.05, 4.69) is 9.97 Å². The number of methoxy groups -OCH3 is 2. The number of piperazine rings is 1. The Balaban J connectivity index is 1.46. The van der Waals surface area contributed by atoms with Crippen LogP contribution in [0.25, 0.3) is 10.9 Å². The fourth-order valence-electron chi connectivity index (χ4n) is 3.89. The van der Waals surface area contributed by atoms with Gasteiger partial charge in [-0.05, 0) is 18.1 Å². The molecule has 3 aromatic rings. The molecule has 1 aliphatic rings. The summed E-state index contributed by atoms with van der Waals surface area (Å²) in [6.45, 7) is 2.17. The van der Waals surface area contributed by atoms with Gasteiger partial charge in [-0.3, -0.25) is 4.79 Å². The van der Waals surface area contributed by atoms with E-state index in [4.69, 9.17) is 15.2 Å². The molecule has 32 heavy (non-hydrogen) atoms. The number of ether oxygens (including phenoxy) is 2. The quantitative estimate of drug-likeness (QED) is 0.631. The average Bonchev–Trinajstić information content (AvgIpc) is 2.83. The third kappa shape index (κ3) is 4.23. The van der Waals surface area contributed by atoms with E-state index in [1.165, 1.54) is 14.2 Å². The number of carbonyl (C=O) groups excluding carboxylic acids is 1. The van der Waals surface area contributed by atoms with E-state index < -0.39 is 5.82 Å². The molecule has 2 N–H and O–H groups in total.